The fourth-order valence-corrected chi connectivity index (χ4v) is 4.87. The Hall–Kier alpha value is -0.120. The van der Waals surface area contributed by atoms with E-state index in [2.05, 4.69) is 23.6 Å². The maximum atomic E-state index is 5.08. The number of ether oxygens (including phenoxy) is 1. The topological polar surface area (TPSA) is 15.7 Å². The van der Waals surface area contributed by atoms with Crippen LogP contribution in [0.4, 0.5) is 0 Å². The molecule has 3 heteroatoms. The summed E-state index contributed by atoms with van der Waals surface area (Å²) in [6.07, 6.45) is 14.3. The highest BCUT2D eigenvalue weighted by Gasteiger charge is 2.26. The van der Waals surface area contributed by atoms with Gasteiger partial charge in [0.1, 0.15) is 0 Å². The largest absolute Gasteiger partial charge is 0.385 e. The molecule has 1 saturated carbocycles. The lowest BCUT2D eigenvalue weighted by Crippen LogP contribution is -2.39. The van der Waals surface area contributed by atoms with Gasteiger partial charge in [-0.05, 0) is 89.5 Å². The highest BCUT2D eigenvalue weighted by molar-refractivity contribution is 4.81. The second-order valence-electron chi connectivity index (χ2n) is 8.48. The molecule has 3 rings (SSSR count). The van der Waals surface area contributed by atoms with E-state index in [1.807, 2.05) is 27.7 Å². The smallest absolute Gasteiger partial charge is 0.0464 e. The van der Waals surface area contributed by atoms with Crippen LogP contribution in [0.25, 0.3) is 0 Å². The molecule has 0 unspecified atom stereocenters. The van der Waals surface area contributed by atoms with Crippen LogP contribution in [-0.4, -0.2) is 62.3 Å². The van der Waals surface area contributed by atoms with Crippen LogP contribution in [-0.2, 0) is 4.74 Å². The molecule has 0 atom stereocenters. The van der Waals surface area contributed by atoms with Gasteiger partial charge < -0.3 is 14.5 Å². The summed E-state index contributed by atoms with van der Waals surface area (Å²) < 4.78 is 5.08. The molecule has 0 N–H and O–H groups in total. The number of nitrogens with zero attached hydrogens (tertiary/aromatic N) is 2. The zero-order valence-corrected chi connectivity index (χ0v) is 21.3. The van der Waals surface area contributed by atoms with Crippen molar-refractivity contribution in [2.75, 3.05) is 46.4 Å². The molecule has 0 aromatic carbocycles. The van der Waals surface area contributed by atoms with E-state index in [9.17, 15) is 0 Å². The Morgan fingerprint density at radius 3 is 1.69 bits per heavy atom. The van der Waals surface area contributed by atoms with E-state index >= 15 is 0 Å². The number of hydrogen-bond acceptors (Lipinski definition) is 3. The molecule has 3 aliphatic rings. The minimum absolute atomic E-state index is 0.924. The van der Waals surface area contributed by atoms with Crippen molar-refractivity contribution in [1.82, 2.24) is 9.80 Å². The molecule has 3 nitrogen and oxygen atoms in total. The summed E-state index contributed by atoms with van der Waals surface area (Å²) in [4.78, 5) is 5.29. The van der Waals surface area contributed by atoms with Crippen LogP contribution in [0.3, 0.4) is 0 Å². The normalized spacial score (nSPS) is 22.0. The average molecular weight is 413 g/mol. The van der Waals surface area contributed by atoms with Gasteiger partial charge in [0.25, 0.3) is 0 Å². The number of likely N-dealkylation sites (tertiary alicyclic amines) is 2. The molecule has 2 aliphatic heterocycles. The van der Waals surface area contributed by atoms with E-state index in [4.69, 9.17) is 4.74 Å². The van der Waals surface area contributed by atoms with Gasteiger partial charge in [-0.15, -0.1) is 0 Å². The van der Waals surface area contributed by atoms with Gasteiger partial charge in [0, 0.05) is 19.8 Å². The summed E-state index contributed by atoms with van der Waals surface area (Å²) in [6, 6.07) is 0.970. The van der Waals surface area contributed by atoms with Gasteiger partial charge >= 0.3 is 0 Å². The van der Waals surface area contributed by atoms with E-state index in [0.29, 0.717) is 0 Å². The molecule has 3 fully saturated rings. The maximum Gasteiger partial charge on any atom is 0.0464 e. The van der Waals surface area contributed by atoms with Crippen molar-refractivity contribution in [1.29, 1.82) is 0 Å². The number of hydrogen-bond donors (Lipinski definition) is 0. The summed E-state index contributed by atoms with van der Waals surface area (Å²) in [5.74, 6) is 1.96. The zero-order chi connectivity index (χ0) is 21.9. The number of rotatable bonds is 6. The Bertz CT molecular complexity index is 315. The highest BCUT2D eigenvalue weighted by atomic mass is 16.5. The van der Waals surface area contributed by atoms with Crippen LogP contribution in [0.5, 0.6) is 0 Å². The second-order valence-corrected chi connectivity index (χ2v) is 8.48. The first-order valence-electron chi connectivity index (χ1n) is 13.2. The predicted octanol–water partition coefficient (Wildman–Crippen LogP) is 6.86. The average Bonchev–Trinajstić information content (AvgIpc) is 3.36. The first-order chi connectivity index (χ1) is 14.3. The first kappa shape index (κ1) is 28.9. The van der Waals surface area contributed by atoms with Gasteiger partial charge in [-0.1, -0.05) is 60.8 Å². The van der Waals surface area contributed by atoms with Crippen LogP contribution in [0.1, 0.15) is 106 Å². The van der Waals surface area contributed by atoms with Crippen molar-refractivity contribution >= 4 is 0 Å². The van der Waals surface area contributed by atoms with E-state index in [1.165, 1.54) is 96.9 Å². The molecular weight excluding hydrogens is 356 g/mol. The predicted molar refractivity (Wildman–Crippen MR) is 131 cm³/mol. The van der Waals surface area contributed by atoms with Crippen molar-refractivity contribution in [2.45, 2.75) is 112 Å². The second kappa shape index (κ2) is 19.8. The van der Waals surface area contributed by atoms with Gasteiger partial charge in [0.05, 0.1) is 0 Å². The standard InChI is InChI=1S/C12H23N.C10H21NO.2C2H6/c1-2-11-7-9-13(10-8-11)12-5-3-4-6-12;1-3-11-7-4-10(5-8-11)6-9-12-2;2*1-2/h11-12H,2-10H2,1H3;10H,3-9H2,1-2H3;2*1-2H3. The third-order valence-electron chi connectivity index (χ3n) is 6.95. The summed E-state index contributed by atoms with van der Waals surface area (Å²) in [6.45, 7) is 20.1. The van der Waals surface area contributed by atoms with Crippen LogP contribution in [0.2, 0.25) is 0 Å². The minimum atomic E-state index is 0.924. The number of piperidine rings is 2. The minimum Gasteiger partial charge on any atom is -0.385 e. The summed E-state index contributed by atoms with van der Waals surface area (Å²) in [5, 5.41) is 0. The number of methoxy groups -OCH3 is 1. The molecule has 176 valence electrons. The van der Waals surface area contributed by atoms with Crippen LogP contribution < -0.4 is 0 Å². The van der Waals surface area contributed by atoms with E-state index < -0.39 is 0 Å². The molecule has 0 amide bonds. The maximum absolute atomic E-state index is 5.08. The van der Waals surface area contributed by atoms with Crippen LogP contribution in [0, 0.1) is 11.8 Å². The third kappa shape index (κ3) is 12.4. The van der Waals surface area contributed by atoms with E-state index in [1.54, 1.807) is 7.11 Å². The van der Waals surface area contributed by atoms with Crippen LogP contribution >= 0.6 is 0 Å². The van der Waals surface area contributed by atoms with Gasteiger partial charge in [-0.3, -0.25) is 0 Å². The summed E-state index contributed by atoms with van der Waals surface area (Å²) in [7, 11) is 1.79. The monoisotopic (exact) mass is 412 g/mol. The van der Waals surface area contributed by atoms with E-state index in [0.717, 1.165) is 24.5 Å². The van der Waals surface area contributed by atoms with Gasteiger partial charge in [0.2, 0.25) is 0 Å². The molecule has 0 bridgehead atoms. The molecular formula is C26H56N2O. The fourth-order valence-electron chi connectivity index (χ4n) is 4.87. The Morgan fingerprint density at radius 1 is 0.724 bits per heavy atom. The lowest BCUT2D eigenvalue weighted by atomic mass is 9.93. The molecule has 2 heterocycles. The molecule has 1 aliphatic carbocycles. The van der Waals surface area contributed by atoms with E-state index in [-0.39, 0.29) is 0 Å². The van der Waals surface area contributed by atoms with Crippen molar-refractivity contribution in [3.63, 3.8) is 0 Å². The van der Waals surface area contributed by atoms with Crippen molar-refractivity contribution in [3.8, 4) is 0 Å². The van der Waals surface area contributed by atoms with Gasteiger partial charge in [-0.2, -0.15) is 0 Å². The zero-order valence-electron chi connectivity index (χ0n) is 21.3. The quantitative estimate of drug-likeness (QED) is 0.474. The SMILES string of the molecule is CC.CC.CCC1CCN(C2CCCC2)CC1.CCN1CCC(CCOC)CC1. The third-order valence-corrected chi connectivity index (χ3v) is 6.95. The highest BCUT2D eigenvalue weighted by Crippen LogP contribution is 2.28. The Kier molecular flexibility index (Phi) is 19.7. The summed E-state index contributed by atoms with van der Waals surface area (Å²) in [5.41, 5.74) is 0. The Labute approximate surface area is 184 Å². The molecule has 29 heavy (non-hydrogen) atoms. The van der Waals surface area contributed by atoms with Crippen LogP contribution in [0.15, 0.2) is 0 Å². The van der Waals surface area contributed by atoms with Gasteiger partial charge in [-0.25, -0.2) is 0 Å². The molecule has 2 saturated heterocycles. The lowest BCUT2D eigenvalue weighted by Gasteiger charge is -2.35. The fraction of sp³-hybridized carbons (Fsp3) is 1.00. The summed E-state index contributed by atoms with van der Waals surface area (Å²) >= 11 is 0. The first-order valence-corrected chi connectivity index (χ1v) is 13.2. The molecule has 0 spiro atoms. The molecule has 0 aromatic heterocycles. The molecule has 0 aromatic rings. The Morgan fingerprint density at radius 2 is 1.24 bits per heavy atom. The lowest BCUT2D eigenvalue weighted by molar-refractivity contribution is 0.133. The van der Waals surface area contributed by atoms with Gasteiger partial charge in [0.15, 0.2) is 0 Å². The van der Waals surface area contributed by atoms with Crippen molar-refractivity contribution < 1.29 is 4.74 Å². The van der Waals surface area contributed by atoms with Crippen molar-refractivity contribution in [3.05, 3.63) is 0 Å². The van der Waals surface area contributed by atoms with Crippen molar-refractivity contribution in [2.24, 2.45) is 11.8 Å². The Balaban J connectivity index is 0.000000463. The molecule has 0 radical (unpaired) electrons.